The quantitative estimate of drug-likeness (QED) is 0.259. The molecule has 6 rings (SSSR count). The zero-order valence-corrected chi connectivity index (χ0v) is 23.2. The Hall–Kier alpha value is -3.19. The predicted molar refractivity (Wildman–Crippen MR) is 142 cm³/mol. The summed E-state index contributed by atoms with van der Waals surface area (Å²) in [6.45, 7) is 16.8. The fraction of sp³-hybridized carbons (Fsp3) is 0.516. The number of hydrogen-bond acceptors (Lipinski definition) is 7. The number of ether oxygens (including phenoxy) is 4. The summed E-state index contributed by atoms with van der Waals surface area (Å²) in [4.78, 5) is 40.3. The van der Waals surface area contributed by atoms with Crippen molar-refractivity contribution < 1.29 is 33.3 Å². The lowest BCUT2D eigenvalue weighted by molar-refractivity contribution is -0.171. The number of hydrogen-bond donors (Lipinski definition) is 0. The van der Waals surface area contributed by atoms with Crippen molar-refractivity contribution in [1.29, 1.82) is 0 Å². The summed E-state index contributed by atoms with van der Waals surface area (Å²) in [7, 11) is 0. The number of ketones is 2. The number of rotatable bonds is 7. The average Bonchev–Trinajstić information content (AvgIpc) is 2.94. The highest BCUT2D eigenvalue weighted by Gasteiger charge is 2.81. The molecule has 0 amide bonds. The van der Waals surface area contributed by atoms with Gasteiger partial charge >= 0.3 is 5.97 Å². The van der Waals surface area contributed by atoms with Crippen molar-refractivity contribution in [2.75, 3.05) is 0 Å². The normalized spacial score (nSPS) is 30.0. The lowest BCUT2D eigenvalue weighted by Crippen LogP contribution is -2.72. The van der Waals surface area contributed by atoms with Crippen molar-refractivity contribution in [3.63, 3.8) is 0 Å². The SMILES string of the molecule is C=CCC(C)(C)Oc1cc(OC(C)=O)c2c(c1)O[C@]13C(=C[C@@H]4C[C@H]1C(C)(C)O[C@@]3(CC=C(C)C)C4=O)C2=O. The fourth-order valence-electron chi connectivity index (χ4n) is 6.86. The number of carbonyl (C=O) groups is 3. The fourth-order valence-corrected chi connectivity index (χ4v) is 6.86. The number of esters is 1. The van der Waals surface area contributed by atoms with E-state index < -0.39 is 34.3 Å². The minimum absolute atomic E-state index is 0.0587. The summed E-state index contributed by atoms with van der Waals surface area (Å²) in [6.07, 6.45) is 6.89. The molecule has 202 valence electrons. The number of allylic oxidation sites excluding steroid dienone is 2. The molecule has 1 spiro atoms. The predicted octanol–water partition coefficient (Wildman–Crippen LogP) is 5.71. The van der Waals surface area contributed by atoms with Crippen LogP contribution in [-0.2, 0) is 14.3 Å². The molecule has 0 aromatic heterocycles. The third-order valence-corrected chi connectivity index (χ3v) is 8.22. The van der Waals surface area contributed by atoms with Crippen molar-refractivity contribution in [3.8, 4) is 17.2 Å². The number of Topliss-reactive ketones (excluding diaryl/α,β-unsaturated/α-hetero) is 2. The molecule has 0 radical (unpaired) electrons. The van der Waals surface area contributed by atoms with Crippen LogP contribution in [0.5, 0.6) is 17.2 Å². The van der Waals surface area contributed by atoms with E-state index in [9.17, 15) is 14.4 Å². The number of carbonyl (C=O) groups excluding carboxylic acids is 3. The van der Waals surface area contributed by atoms with Crippen LogP contribution in [0.15, 0.2) is 48.1 Å². The first-order valence-corrected chi connectivity index (χ1v) is 13.2. The highest BCUT2D eigenvalue weighted by atomic mass is 16.6. The maximum Gasteiger partial charge on any atom is 0.308 e. The zero-order chi connectivity index (χ0) is 27.8. The van der Waals surface area contributed by atoms with E-state index in [-0.39, 0.29) is 34.5 Å². The van der Waals surface area contributed by atoms with E-state index in [1.807, 2.05) is 47.6 Å². The molecule has 1 saturated heterocycles. The molecule has 5 aliphatic rings. The summed E-state index contributed by atoms with van der Waals surface area (Å²) in [6, 6.07) is 3.20. The molecular weight excluding hydrogens is 484 g/mol. The molecular formula is C31H36O7. The molecule has 0 unspecified atom stereocenters. The van der Waals surface area contributed by atoms with Crippen molar-refractivity contribution in [1.82, 2.24) is 0 Å². The van der Waals surface area contributed by atoms with E-state index in [0.29, 0.717) is 30.6 Å². The van der Waals surface area contributed by atoms with Crippen LogP contribution in [0.1, 0.15) is 78.1 Å². The van der Waals surface area contributed by atoms with Crippen LogP contribution < -0.4 is 14.2 Å². The van der Waals surface area contributed by atoms with Gasteiger partial charge in [0.05, 0.1) is 5.60 Å². The summed E-state index contributed by atoms with van der Waals surface area (Å²) < 4.78 is 25.3. The van der Waals surface area contributed by atoms with E-state index in [1.54, 1.807) is 24.3 Å². The maximum atomic E-state index is 14.3. The van der Waals surface area contributed by atoms with Gasteiger partial charge in [0.25, 0.3) is 0 Å². The lowest BCUT2D eigenvalue weighted by Gasteiger charge is -2.56. The Kier molecular flexibility index (Phi) is 5.84. The monoisotopic (exact) mass is 520 g/mol. The van der Waals surface area contributed by atoms with Crippen LogP contribution in [-0.4, -0.2) is 39.9 Å². The first-order valence-electron chi connectivity index (χ1n) is 13.2. The summed E-state index contributed by atoms with van der Waals surface area (Å²) >= 11 is 0. The van der Waals surface area contributed by atoms with Gasteiger partial charge in [-0.3, -0.25) is 14.4 Å². The Labute approximate surface area is 223 Å². The van der Waals surface area contributed by atoms with Crippen molar-refractivity contribution >= 4 is 17.5 Å². The molecule has 7 heteroatoms. The Morgan fingerprint density at radius 3 is 2.55 bits per heavy atom. The second kappa shape index (κ2) is 8.40. The first-order chi connectivity index (χ1) is 17.7. The highest BCUT2D eigenvalue weighted by Crippen LogP contribution is 2.67. The lowest BCUT2D eigenvalue weighted by atomic mass is 9.51. The molecule has 2 fully saturated rings. The minimum Gasteiger partial charge on any atom is -0.487 e. The van der Waals surface area contributed by atoms with Crippen molar-refractivity contribution in [2.24, 2.45) is 11.8 Å². The number of fused-ring (bicyclic) bond motifs is 1. The highest BCUT2D eigenvalue weighted by molar-refractivity contribution is 6.18. The Bertz CT molecular complexity index is 1330. The van der Waals surface area contributed by atoms with Crippen LogP contribution in [0.3, 0.4) is 0 Å². The van der Waals surface area contributed by atoms with E-state index in [0.717, 1.165) is 5.57 Å². The van der Waals surface area contributed by atoms with Crippen molar-refractivity contribution in [3.05, 3.63) is 53.6 Å². The van der Waals surface area contributed by atoms with Gasteiger partial charge < -0.3 is 18.9 Å². The van der Waals surface area contributed by atoms with Gasteiger partial charge in [0.2, 0.25) is 0 Å². The van der Waals surface area contributed by atoms with E-state index in [2.05, 4.69) is 6.58 Å². The van der Waals surface area contributed by atoms with E-state index in [4.69, 9.17) is 18.9 Å². The van der Waals surface area contributed by atoms with Crippen LogP contribution in [0.25, 0.3) is 0 Å². The molecule has 2 aliphatic heterocycles. The van der Waals surface area contributed by atoms with Gasteiger partial charge in [-0.25, -0.2) is 0 Å². The molecule has 1 aromatic carbocycles. The molecule has 3 aliphatic carbocycles. The molecule has 4 atom stereocenters. The second-order valence-corrected chi connectivity index (χ2v) is 12.3. The number of benzene rings is 1. The van der Waals surface area contributed by atoms with Crippen LogP contribution in [0.2, 0.25) is 0 Å². The van der Waals surface area contributed by atoms with Crippen molar-refractivity contribution in [2.45, 2.75) is 90.1 Å². The minimum atomic E-state index is -1.35. The first kappa shape index (κ1) is 26.4. The van der Waals surface area contributed by atoms with Gasteiger partial charge in [0.15, 0.2) is 22.8 Å². The molecule has 38 heavy (non-hydrogen) atoms. The molecule has 7 nitrogen and oxygen atoms in total. The third-order valence-electron chi connectivity index (χ3n) is 8.22. The van der Waals surface area contributed by atoms with Gasteiger partial charge in [-0.2, -0.15) is 0 Å². The van der Waals surface area contributed by atoms with Crippen LogP contribution >= 0.6 is 0 Å². The largest absolute Gasteiger partial charge is 0.487 e. The standard InChI is InChI=1S/C31H36O7/c1-9-11-28(5,6)36-20-15-22(35-18(4)32)25-23(16-20)37-31-21(26(25)33)13-19-14-24(31)29(7,8)38-30(31,27(19)34)12-10-17(2)3/h9-10,13,15-16,19,24H,1,11-12,14H2,2-8H3/t19-,24+,30+,31-/m1/s1. The molecule has 2 heterocycles. The van der Waals surface area contributed by atoms with Gasteiger partial charge in [-0.1, -0.05) is 23.8 Å². The van der Waals surface area contributed by atoms with E-state index >= 15 is 0 Å². The molecule has 0 N–H and O–H groups in total. The maximum absolute atomic E-state index is 14.3. The summed E-state index contributed by atoms with van der Waals surface area (Å²) in [5.74, 6) is -0.958. The summed E-state index contributed by atoms with van der Waals surface area (Å²) in [5, 5.41) is 0. The average molecular weight is 521 g/mol. The smallest absolute Gasteiger partial charge is 0.308 e. The molecule has 1 saturated carbocycles. The molecule has 4 bridgehead atoms. The van der Waals surface area contributed by atoms with Gasteiger partial charge in [-0.15, -0.1) is 6.58 Å². The molecule has 1 aromatic rings. The Morgan fingerprint density at radius 1 is 1.21 bits per heavy atom. The van der Waals surface area contributed by atoms with E-state index in [1.165, 1.54) is 6.92 Å². The third kappa shape index (κ3) is 3.62. The van der Waals surface area contributed by atoms with Gasteiger partial charge in [-0.05, 0) is 48.0 Å². The summed E-state index contributed by atoms with van der Waals surface area (Å²) in [5.41, 5.74) is -2.37. The second-order valence-electron chi connectivity index (χ2n) is 12.3. The van der Waals surface area contributed by atoms with Gasteiger partial charge in [0, 0.05) is 49.3 Å². The Balaban J connectivity index is 1.74. The Morgan fingerprint density at radius 2 is 1.92 bits per heavy atom. The topological polar surface area (TPSA) is 88.1 Å². The van der Waals surface area contributed by atoms with Crippen LogP contribution in [0, 0.1) is 11.8 Å². The zero-order valence-electron chi connectivity index (χ0n) is 23.2. The van der Waals surface area contributed by atoms with Gasteiger partial charge in [0.1, 0.15) is 28.4 Å². The van der Waals surface area contributed by atoms with Crippen LogP contribution in [0.4, 0.5) is 0 Å².